The highest BCUT2D eigenvalue weighted by Gasteiger charge is 2.41. The number of aryl methyl sites for hydroxylation is 1. The van der Waals surface area contributed by atoms with E-state index in [9.17, 15) is 4.79 Å². The van der Waals surface area contributed by atoms with E-state index in [-0.39, 0.29) is 16.9 Å². The number of aromatic nitrogens is 2. The van der Waals surface area contributed by atoms with Crippen molar-refractivity contribution in [3.63, 3.8) is 0 Å². The Morgan fingerprint density at radius 2 is 1.91 bits per heavy atom. The van der Waals surface area contributed by atoms with Gasteiger partial charge in [-0.1, -0.05) is 6.92 Å². The Bertz CT molecular complexity index is 542. The van der Waals surface area contributed by atoms with Gasteiger partial charge in [0.1, 0.15) is 11.6 Å². The minimum Gasteiger partial charge on any atom is -0.356 e. The molecule has 2 rings (SSSR count). The standard InChI is InChI=1S/C17H28N4O/c1-13-18-10-7-14(19-13)21-11-8-17(5,9-12-21)15(22)20(6)16(2,3)4/h7,10H,8-9,11-12H2,1-6H3. The average Bonchev–Trinajstić information content (AvgIpc) is 2.45. The summed E-state index contributed by atoms with van der Waals surface area (Å²) in [6.07, 6.45) is 3.51. The van der Waals surface area contributed by atoms with Crippen molar-refractivity contribution in [3.8, 4) is 0 Å². The van der Waals surface area contributed by atoms with Crippen LogP contribution in [0, 0.1) is 12.3 Å². The summed E-state index contributed by atoms with van der Waals surface area (Å²) in [5, 5.41) is 0. The fourth-order valence-electron chi connectivity index (χ4n) is 2.77. The summed E-state index contributed by atoms with van der Waals surface area (Å²) in [6.45, 7) is 11.9. The molecule has 0 spiro atoms. The Hall–Kier alpha value is -1.65. The second-order valence-electron chi connectivity index (χ2n) is 7.54. The molecule has 0 saturated carbocycles. The van der Waals surface area contributed by atoms with E-state index >= 15 is 0 Å². The van der Waals surface area contributed by atoms with Crippen LogP contribution in [0.4, 0.5) is 5.82 Å². The fraction of sp³-hybridized carbons (Fsp3) is 0.706. The topological polar surface area (TPSA) is 49.3 Å². The second-order valence-corrected chi connectivity index (χ2v) is 7.54. The highest BCUT2D eigenvalue weighted by molar-refractivity contribution is 5.83. The Kier molecular flexibility index (Phi) is 4.45. The molecule has 0 N–H and O–H groups in total. The number of carbonyl (C=O) groups excluding carboxylic acids is 1. The molecule has 5 nitrogen and oxygen atoms in total. The predicted molar refractivity (Wildman–Crippen MR) is 88.8 cm³/mol. The van der Waals surface area contributed by atoms with Crippen LogP contribution in [0.25, 0.3) is 0 Å². The van der Waals surface area contributed by atoms with Gasteiger partial charge in [0, 0.05) is 37.3 Å². The van der Waals surface area contributed by atoms with Gasteiger partial charge in [0.15, 0.2) is 0 Å². The van der Waals surface area contributed by atoms with Gasteiger partial charge in [-0.15, -0.1) is 0 Å². The molecule has 1 aliphatic heterocycles. The molecule has 122 valence electrons. The molecule has 0 bridgehead atoms. The summed E-state index contributed by atoms with van der Waals surface area (Å²) in [5.41, 5.74) is -0.415. The van der Waals surface area contributed by atoms with Crippen LogP contribution in [0.2, 0.25) is 0 Å². The van der Waals surface area contributed by atoms with Crippen molar-refractivity contribution in [2.45, 2.75) is 53.0 Å². The molecule has 1 aliphatic rings. The second kappa shape index (κ2) is 5.86. The van der Waals surface area contributed by atoms with Crippen LogP contribution in [0.5, 0.6) is 0 Å². The van der Waals surface area contributed by atoms with Crippen molar-refractivity contribution >= 4 is 11.7 Å². The van der Waals surface area contributed by atoms with E-state index in [4.69, 9.17) is 0 Å². The minimum atomic E-state index is -0.277. The van der Waals surface area contributed by atoms with Gasteiger partial charge in [0.05, 0.1) is 0 Å². The zero-order valence-electron chi connectivity index (χ0n) is 14.7. The smallest absolute Gasteiger partial charge is 0.228 e. The van der Waals surface area contributed by atoms with Crippen molar-refractivity contribution in [2.24, 2.45) is 5.41 Å². The molecule has 5 heteroatoms. The Balaban J connectivity index is 2.06. The van der Waals surface area contributed by atoms with Gasteiger partial charge < -0.3 is 9.80 Å². The van der Waals surface area contributed by atoms with E-state index in [1.165, 1.54) is 0 Å². The van der Waals surface area contributed by atoms with Crippen LogP contribution in [-0.4, -0.2) is 46.5 Å². The lowest BCUT2D eigenvalue weighted by molar-refractivity contribution is -0.145. The van der Waals surface area contributed by atoms with Crippen LogP contribution < -0.4 is 4.90 Å². The van der Waals surface area contributed by atoms with Crippen molar-refractivity contribution < 1.29 is 4.79 Å². The largest absolute Gasteiger partial charge is 0.356 e. The van der Waals surface area contributed by atoms with Gasteiger partial charge in [0.25, 0.3) is 0 Å². The molecule has 22 heavy (non-hydrogen) atoms. The van der Waals surface area contributed by atoms with Crippen molar-refractivity contribution in [1.29, 1.82) is 0 Å². The minimum absolute atomic E-state index is 0.138. The van der Waals surface area contributed by atoms with Gasteiger partial charge in [-0.25, -0.2) is 9.97 Å². The molecule has 0 radical (unpaired) electrons. The highest BCUT2D eigenvalue weighted by atomic mass is 16.2. The molecule has 2 heterocycles. The number of hydrogen-bond donors (Lipinski definition) is 0. The third-order valence-electron chi connectivity index (χ3n) is 4.78. The summed E-state index contributed by atoms with van der Waals surface area (Å²) in [5.74, 6) is 2.00. The summed E-state index contributed by atoms with van der Waals surface area (Å²) in [6, 6.07) is 1.94. The number of rotatable bonds is 2. The Morgan fingerprint density at radius 3 is 2.41 bits per heavy atom. The van der Waals surface area contributed by atoms with Gasteiger partial charge >= 0.3 is 0 Å². The molecule has 1 amide bonds. The van der Waals surface area contributed by atoms with E-state index in [0.717, 1.165) is 37.6 Å². The zero-order chi connectivity index (χ0) is 16.5. The van der Waals surface area contributed by atoms with E-state index in [2.05, 4.69) is 42.6 Å². The maximum absolute atomic E-state index is 12.8. The number of nitrogens with zero attached hydrogens (tertiary/aromatic N) is 4. The SMILES string of the molecule is Cc1nccc(N2CCC(C)(C(=O)N(C)C(C)(C)C)CC2)n1. The number of anilines is 1. The number of piperidine rings is 1. The van der Waals surface area contributed by atoms with Crippen LogP contribution >= 0.6 is 0 Å². The lowest BCUT2D eigenvalue weighted by Gasteiger charge is -2.44. The molecule has 0 atom stereocenters. The molecular weight excluding hydrogens is 276 g/mol. The molecule has 0 aromatic carbocycles. The van der Waals surface area contributed by atoms with Crippen molar-refractivity contribution in [3.05, 3.63) is 18.1 Å². The lowest BCUT2D eigenvalue weighted by atomic mass is 9.78. The van der Waals surface area contributed by atoms with Crippen LogP contribution in [0.15, 0.2) is 12.3 Å². The first-order valence-electron chi connectivity index (χ1n) is 7.96. The highest BCUT2D eigenvalue weighted by Crippen LogP contribution is 2.35. The fourth-order valence-corrected chi connectivity index (χ4v) is 2.77. The number of carbonyl (C=O) groups is 1. The monoisotopic (exact) mass is 304 g/mol. The van der Waals surface area contributed by atoms with Crippen molar-refractivity contribution in [2.75, 3.05) is 25.0 Å². The van der Waals surface area contributed by atoms with Gasteiger partial charge in [-0.05, 0) is 46.6 Å². The number of hydrogen-bond acceptors (Lipinski definition) is 4. The van der Waals surface area contributed by atoms with Crippen molar-refractivity contribution in [1.82, 2.24) is 14.9 Å². The lowest BCUT2D eigenvalue weighted by Crippen LogP contribution is -2.53. The van der Waals surface area contributed by atoms with Gasteiger partial charge in [-0.3, -0.25) is 4.79 Å². The third-order valence-corrected chi connectivity index (χ3v) is 4.78. The first-order valence-corrected chi connectivity index (χ1v) is 7.96. The van der Waals surface area contributed by atoms with Gasteiger partial charge in [-0.2, -0.15) is 0 Å². The van der Waals surface area contributed by atoms with E-state index < -0.39 is 0 Å². The zero-order valence-corrected chi connectivity index (χ0v) is 14.7. The molecule has 1 aromatic heterocycles. The number of amides is 1. The third kappa shape index (κ3) is 3.39. The maximum Gasteiger partial charge on any atom is 0.228 e. The normalized spacial score (nSPS) is 18.2. The molecule has 1 fully saturated rings. The average molecular weight is 304 g/mol. The maximum atomic E-state index is 12.8. The van der Waals surface area contributed by atoms with E-state index in [1.807, 2.05) is 24.9 Å². The Labute approximate surface area is 133 Å². The molecule has 0 unspecified atom stereocenters. The van der Waals surface area contributed by atoms with E-state index in [1.54, 1.807) is 6.20 Å². The van der Waals surface area contributed by atoms with Crippen LogP contribution in [0.1, 0.15) is 46.4 Å². The van der Waals surface area contributed by atoms with Crippen LogP contribution in [-0.2, 0) is 4.79 Å². The summed E-state index contributed by atoms with van der Waals surface area (Å²) in [4.78, 5) is 25.6. The summed E-state index contributed by atoms with van der Waals surface area (Å²) in [7, 11) is 1.91. The Morgan fingerprint density at radius 1 is 1.32 bits per heavy atom. The van der Waals surface area contributed by atoms with Gasteiger partial charge in [0.2, 0.25) is 5.91 Å². The molecule has 0 aliphatic carbocycles. The predicted octanol–water partition coefficient (Wildman–Crippen LogP) is 2.65. The molecule has 1 aromatic rings. The molecule has 1 saturated heterocycles. The molecular formula is C17H28N4O. The van der Waals surface area contributed by atoms with E-state index in [0.29, 0.717) is 0 Å². The summed E-state index contributed by atoms with van der Waals surface area (Å²) < 4.78 is 0. The quantitative estimate of drug-likeness (QED) is 0.843. The first-order chi connectivity index (χ1) is 10.1. The first kappa shape index (κ1) is 16.7. The summed E-state index contributed by atoms with van der Waals surface area (Å²) >= 11 is 0. The van der Waals surface area contributed by atoms with Crippen LogP contribution in [0.3, 0.4) is 0 Å².